The predicted molar refractivity (Wildman–Crippen MR) is 75.0 cm³/mol. The van der Waals surface area contributed by atoms with E-state index in [0.29, 0.717) is 11.5 Å². The minimum atomic E-state index is -4.99. The zero-order valence-electron chi connectivity index (χ0n) is 12.5. The number of halogens is 3. The van der Waals surface area contributed by atoms with Crippen LogP contribution in [0.1, 0.15) is 5.56 Å². The normalized spacial score (nSPS) is 28.1. The smallest absolute Gasteiger partial charge is 0.376 e. The second kappa shape index (κ2) is 6.06. The van der Waals surface area contributed by atoms with Gasteiger partial charge >= 0.3 is 12.2 Å². The first-order valence-electron chi connectivity index (χ1n) is 7.32. The molecular weight excluding hydrogens is 329 g/mol. The number of amides is 3. The van der Waals surface area contributed by atoms with Crippen molar-refractivity contribution < 1.29 is 32.2 Å². The van der Waals surface area contributed by atoms with Gasteiger partial charge in [-0.1, -0.05) is 30.3 Å². The molecule has 2 unspecified atom stereocenters. The van der Waals surface area contributed by atoms with E-state index in [2.05, 4.69) is 0 Å². The third-order valence-electron chi connectivity index (χ3n) is 4.01. The summed E-state index contributed by atoms with van der Waals surface area (Å²) in [6.45, 7) is 0.446. The van der Waals surface area contributed by atoms with Crippen LogP contribution < -0.4 is 5.32 Å². The maximum absolute atomic E-state index is 13.8. The van der Waals surface area contributed by atoms with Gasteiger partial charge in [-0.3, -0.25) is 9.69 Å². The maximum Gasteiger partial charge on any atom is 0.425 e. The summed E-state index contributed by atoms with van der Waals surface area (Å²) in [6.07, 6.45) is -5.63. The van der Waals surface area contributed by atoms with Gasteiger partial charge in [-0.2, -0.15) is 13.2 Å². The summed E-state index contributed by atoms with van der Waals surface area (Å²) < 4.78 is 51.7. The molecule has 1 N–H and O–H groups in total. The summed E-state index contributed by atoms with van der Waals surface area (Å²) in [4.78, 5) is 25.2. The van der Waals surface area contributed by atoms with E-state index in [1.54, 1.807) is 0 Å². The number of urea groups is 1. The molecule has 2 atom stereocenters. The highest BCUT2D eigenvalue weighted by Crippen LogP contribution is 2.43. The standard InChI is InChI=1S/C15H15F3N2O4/c16-15(17,18)14(10-4-2-1-3-5-10)12(21)20(13(22)19-14)8-11-9-23-6-7-24-11/h1-5,11H,6-9H2,(H,19,22). The van der Waals surface area contributed by atoms with Gasteiger partial charge in [-0.05, 0) is 5.56 Å². The summed E-state index contributed by atoms with van der Waals surface area (Å²) in [5, 5.41) is 1.83. The van der Waals surface area contributed by atoms with E-state index in [-0.39, 0.29) is 25.3 Å². The van der Waals surface area contributed by atoms with Crippen LogP contribution in [0.4, 0.5) is 18.0 Å². The Kier molecular flexibility index (Phi) is 4.22. The average molecular weight is 344 g/mol. The van der Waals surface area contributed by atoms with Crippen LogP contribution in [0.2, 0.25) is 0 Å². The van der Waals surface area contributed by atoms with Crippen molar-refractivity contribution in [3.8, 4) is 0 Å². The highest BCUT2D eigenvalue weighted by atomic mass is 19.4. The molecule has 2 aliphatic rings. The largest absolute Gasteiger partial charge is 0.425 e. The Morgan fingerprint density at radius 2 is 1.92 bits per heavy atom. The fraction of sp³-hybridized carbons (Fsp3) is 0.467. The second-order valence-corrected chi connectivity index (χ2v) is 5.53. The molecule has 24 heavy (non-hydrogen) atoms. The number of alkyl halides is 3. The molecule has 0 spiro atoms. The van der Waals surface area contributed by atoms with E-state index < -0.39 is 29.8 Å². The molecule has 130 valence electrons. The number of rotatable bonds is 3. The lowest BCUT2D eigenvalue weighted by Crippen LogP contribution is -2.56. The van der Waals surface area contributed by atoms with Gasteiger partial charge in [0.2, 0.25) is 5.54 Å². The molecule has 1 aromatic carbocycles. The van der Waals surface area contributed by atoms with Crippen LogP contribution >= 0.6 is 0 Å². The summed E-state index contributed by atoms with van der Waals surface area (Å²) in [6, 6.07) is 5.51. The van der Waals surface area contributed by atoms with E-state index in [1.165, 1.54) is 18.2 Å². The third-order valence-corrected chi connectivity index (χ3v) is 4.01. The van der Waals surface area contributed by atoms with E-state index in [1.807, 2.05) is 5.32 Å². The molecule has 2 heterocycles. The Hall–Kier alpha value is -2.13. The number of benzene rings is 1. The molecule has 3 rings (SSSR count). The molecule has 2 aliphatic heterocycles. The van der Waals surface area contributed by atoms with Gasteiger partial charge in [0.1, 0.15) is 0 Å². The van der Waals surface area contributed by atoms with Crippen LogP contribution in [-0.2, 0) is 19.8 Å². The van der Waals surface area contributed by atoms with Gasteiger partial charge in [0.05, 0.1) is 32.5 Å². The number of hydrogen-bond acceptors (Lipinski definition) is 4. The van der Waals surface area contributed by atoms with Crippen LogP contribution in [0.25, 0.3) is 0 Å². The SMILES string of the molecule is O=C1NC(c2ccccc2)(C(F)(F)F)C(=O)N1CC1COCCO1. The van der Waals surface area contributed by atoms with Crippen molar-refractivity contribution in [2.24, 2.45) is 0 Å². The zero-order chi connectivity index (χ0) is 17.4. The summed E-state index contributed by atoms with van der Waals surface area (Å²) in [7, 11) is 0. The van der Waals surface area contributed by atoms with Gasteiger partial charge in [-0.15, -0.1) is 0 Å². The van der Waals surface area contributed by atoms with Gasteiger partial charge in [0.15, 0.2) is 0 Å². The van der Waals surface area contributed by atoms with Crippen molar-refractivity contribution in [1.82, 2.24) is 10.2 Å². The molecule has 1 aromatic rings. The Morgan fingerprint density at radius 1 is 1.21 bits per heavy atom. The highest BCUT2D eigenvalue weighted by molar-refractivity contribution is 6.08. The zero-order valence-corrected chi connectivity index (χ0v) is 12.5. The van der Waals surface area contributed by atoms with E-state index >= 15 is 0 Å². The summed E-state index contributed by atoms with van der Waals surface area (Å²) in [5.41, 5.74) is -3.42. The van der Waals surface area contributed by atoms with Crippen molar-refractivity contribution >= 4 is 11.9 Å². The van der Waals surface area contributed by atoms with Gasteiger partial charge in [0.25, 0.3) is 5.91 Å². The van der Waals surface area contributed by atoms with Crippen molar-refractivity contribution in [3.63, 3.8) is 0 Å². The molecular formula is C15H15F3N2O4. The lowest BCUT2D eigenvalue weighted by molar-refractivity contribution is -0.199. The number of ether oxygens (including phenoxy) is 2. The van der Waals surface area contributed by atoms with Crippen molar-refractivity contribution in [1.29, 1.82) is 0 Å². The fourth-order valence-electron chi connectivity index (χ4n) is 2.83. The number of hydrogen-bond donors (Lipinski definition) is 1. The molecule has 6 nitrogen and oxygen atoms in total. The maximum atomic E-state index is 13.8. The molecule has 0 bridgehead atoms. The lowest BCUT2D eigenvalue weighted by Gasteiger charge is -2.30. The first-order chi connectivity index (χ1) is 11.4. The number of carbonyl (C=O) groups is 2. The van der Waals surface area contributed by atoms with Crippen LogP contribution in [0.3, 0.4) is 0 Å². The molecule has 0 radical (unpaired) electrons. The summed E-state index contributed by atoms with van der Waals surface area (Å²) in [5.74, 6) is -1.36. The molecule has 9 heteroatoms. The summed E-state index contributed by atoms with van der Waals surface area (Å²) >= 11 is 0. The van der Waals surface area contributed by atoms with E-state index in [9.17, 15) is 22.8 Å². The molecule has 0 saturated carbocycles. The highest BCUT2D eigenvalue weighted by Gasteiger charge is 2.68. The molecule has 0 aliphatic carbocycles. The number of nitrogens with zero attached hydrogens (tertiary/aromatic N) is 1. The monoisotopic (exact) mass is 344 g/mol. The van der Waals surface area contributed by atoms with Gasteiger partial charge in [-0.25, -0.2) is 4.79 Å². The molecule has 3 amide bonds. The van der Waals surface area contributed by atoms with Gasteiger partial charge < -0.3 is 14.8 Å². The minimum Gasteiger partial charge on any atom is -0.376 e. The molecule has 2 saturated heterocycles. The minimum absolute atomic E-state index is 0.113. The Morgan fingerprint density at radius 3 is 2.50 bits per heavy atom. The van der Waals surface area contributed by atoms with Crippen LogP contribution in [0.15, 0.2) is 30.3 Å². The Labute approximate surface area is 135 Å². The first-order valence-corrected chi connectivity index (χ1v) is 7.32. The molecule has 2 fully saturated rings. The number of carbonyl (C=O) groups excluding carboxylic acids is 2. The number of imide groups is 1. The third kappa shape index (κ3) is 2.63. The molecule has 0 aromatic heterocycles. The van der Waals surface area contributed by atoms with Crippen LogP contribution in [0.5, 0.6) is 0 Å². The number of nitrogens with one attached hydrogen (secondary N) is 1. The fourth-order valence-corrected chi connectivity index (χ4v) is 2.83. The average Bonchev–Trinajstić information content (AvgIpc) is 2.82. The van der Waals surface area contributed by atoms with E-state index in [4.69, 9.17) is 9.47 Å². The Balaban J connectivity index is 1.94. The van der Waals surface area contributed by atoms with Crippen molar-refractivity contribution in [2.45, 2.75) is 17.8 Å². The Bertz CT molecular complexity index is 631. The second-order valence-electron chi connectivity index (χ2n) is 5.53. The quantitative estimate of drug-likeness (QED) is 0.842. The van der Waals surface area contributed by atoms with E-state index in [0.717, 1.165) is 12.1 Å². The first kappa shape index (κ1) is 16.7. The van der Waals surface area contributed by atoms with Gasteiger partial charge in [0, 0.05) is 0 Å². The topological polar surface area (TPSA) is 67.9 Å². The predicted octanol–water partition coefficient (Wildman–Crippen LogP) is 1.41. The van der Waals surface area contributed by atoms with Crippen LogP contribution in [-0.4, -0.2) is 55.5 Å². The van der Waals surface area contributed by atoms with Crippen LogP contribution in [0, 0.1) is 0 Å². The van der Waals surface area contributed by atoms with Crippen molar-refractivity contribution in [3.05, 3.63) is 35.9 Å². The lowest BCUT2D eigenvalue weighted by atomic mass is 9.89. The van der Waals surface area contributed by atoms with Crippen molar-refractivity contribution in [2.75, 3.05) is 26.4 Å².